The molecule has 0 aliphatic carbocycles. The van der Waals surface area contributed by atoms with Crippen LogP contribution < -0.4 is 0 Å². The van der Waals surface area contributed by atoms with Gasteiger partial charge in [0.15, 0.2) is 9.84 Å². The van der Waals surface area contributed by atoms with Gasteiger partial charge < -0.3 is 5.11 Å². The van der Waals surface area contributed by atoms with Crippen molar-refractivity contribution < 1.29 is 13.5 Å². The van der Waals surface area contributed by atoms with Gasteiger partial charge in [-0.25, -0.2) is 13.4 Å². The van der Waals surface area contributed by atoms with E-state index in [0.29, 0.717) is 10.6 Å². The molecule has 4 rings (SSSR count). The van der Waals surface area contributed by atoms with Crippen molar-refractivity contribution in [1.82, 2.24) is 9.55 Å². The highest BCUT2D eigenvalue weighted by atomic mass is 35.5. The Labute approximate surface area is 205 Å². The summed E-state index contributed by atoms with van der Waals surface area (Å²) in [7, 11) is -3.46. The van der Waals surface area contributed by atoms with Gasteiger partial charge in [0.25, 0.3) is 0 Å². The van der Waals surface area contributed by atoms with E-state index in [9.17, 15) is 13.5 Å². The van der Waals surface area contributed by atoms with E-state index in [1.54, 1.807) is 12.1 Å². The summed E-state index contributed by atoms with van der Waals surface area (Å²) in [6.45, 7) is 5.88. The Hall–Kier alpha value is -2.93. The first-order chi connectivity index (χ1) is 16.1. The van der Waals surface area contributed by atoms with E-state index in [1.807, 2.05) is 61.7 Å². The van der Waals surface area contributed by atoms with E-state index in [-0.39, 0.29) is 17.4 Å². The lowest BCUT2D eigenvalue weighted by Gasteiger charge is -2.12. The van der Waals surface area contributed by atoms with Crippen LogP contribution in [0.3, 0.4) is 0 Å². The Balaban J connectivity index is 1.79. The van der Waals surface area contributed by atoms with Crippen molar-refractivity contribution in [1.29, 1.82) is 0 Å². The zero-order valence-corrected chi connectivity index (χ0v) is 21.2. The number of sulfone groups is 1. The zero-order valence-electron chi connectivity index (χ0n) is 19.6. The van der Waals surface area contributed by atoms with Crippen LogP contribution in [0.25, 0.3) is 28.2 Å². The first-order valence-electron chi connectivity index (χ1n) is 11.0. The smallest absolute Gasteiger partial charge is 0.175 e. The summed E-state index contributed by atoms with van der Waals surface area (Å²) in [5.74, 6) is 1.08. The fraction of sp³-hybridized carbons (Fsp3) is 0.222. The van der Waals surface area contributed by atoms with Gasteiger partial charge in [-0.2, -0.15) is 0 Å². The minimum Gasteiger partial charge on any atom is -0.392 e. The maximum atomic E-state index is 12.2. The molecule has 1 aromatic heterocycles. The maximum absolute atomic E-state index is 12.2. The summed E-state index contributed by atoms with van der Waals surface area (Å²) in [5, 5.41) is 10.2. The van der Waals surface area contributed by atoms with Crippen LogP contribution in [-0.4, -0.2) is 29.3 Å². The molecule has 0 unspecified atom stereocenters. The van der Waals surface area contributed by atoms with Gasteiger partial charge in [0.05, 0.1) is 17.2 Å². The van der Waals surface area contributed by atoms with Crippen molar-refractivity contribution >= 4 is 21.4 Å². The normalized spacial score (nSPS) is 11.9. The van der Waals surface area contributed by atoms with Crippen molar-refractivity contribution in [3.05, 3.63) is 88.7 Å². The van der Waals surface area contributed by atoms with Crippen LogP contribution >= 0.6 is 11.6 Å². The van der Waals surface area contributed by atoms with Crippen molar-refractivity contribution in [3.63, 3.8) is 0 Å². The molecule has 1 N–H and O–H groups in total. The predicted octanol–water partition coefficient (Wildman–Crippen LogP) is 6.19. The number of benzene rings is 3. The van der Waals surface area contributed by atoms with Gasteiger partial charge >= 0.3 is 0 Å². The third-order valence-corrected chi connectivity index (χ3v) is 7.53. The van der Waals surface area contributed by atoms with Gasteiger partial charge in [-0.3, -0.25) is 4.57 Å². The molecule has 0 saturated carbocycles. The van der Waals surface area contributed by atoms with E-state index >= 15 is 0 Å². The molecule has 0 saturated heterocycles. The summed E-state index contributed by atoms with van der Waals surface area (Å²) in [6, 6.07) is 18.8. The van der Waals surface area contributed by atoms with Gasteiger partial charge in [-0.1, -0.05) is 61.8 Å². The largest absolute Gasteiger partial charge is 0.392 e. The number of rotatable bonds is 6. The second-order valence-electron chi connectivity index (χ2n) is 8.73. The highest BCUT2D eigenvalue weighted by molar-refractivity contribution is 7.90. The Morgan fingerprint density at radius 2 is 1.71 bits per heavy atom. The maximum Gasteiger partial charge on any atom is 0.175 e. The Bertz CT molecular complexity index is 1460. The lowest BCUT2D eigenvalue weighted by molar-refractivity contribution is 0.278. The average molecular weight is 495 g/mol. The molecule has 1 heterocycles. The van der Waals surface area contributed by atoms with Crippen LogP contribution in [0.1, 0.15) is 36.6 Å². The Morgan fingerprint density at radius 3 is 2.32 bits per heavy atom. The molecule has 5 nitrogen and oxygen atoms in total. The molecular weight excluding hydrogens is 468 g/mol. The summed E-state index contributed by atoms with van der Waals surface area (Å²) >= 11 is 6.39. The molecule has 0 aliphatic heterocycles. The summed E-state index contributed by atoms with van der Waals surface area (Å²) in [5.41, 5.74) is 5.90. The molecule has 7 heteroatoms. The number of nitrogens with zero attached hydrogens (tertiary/aromatic N) is 2. The van der Waals surface area contributed by atoms with Crippen LogP contribution in [0, 0.1) is 6.92 Å². The van der Waals surface area contributed by atoms with E-state index < -0.39 is 9.84 Å². The molecule has 0 amide bonds. The quantitative estimate of drug-likeness (QED) is 0.347. The van der Waals surface area contributed by atoms with Gasteiger partial charge in [0.1, 0.15) is 5.82 Å². The molecule has 3 aromatic carbocycles. The van der Waals surface area contributed by atoms with Gasteiger partial charge in [-0.15, -0.1) is 0 Å². The molecule has 4 aromatic rings. The van der Waals surface area contributed by atoms with Crippen LogP contribution in [0.15, 0.2) is 71.8 Å². The molecule has 0 fully saturated rings. The van der Waals surface area contributed by atoms with Crippen molar-refractivity contribution in [2.45, 2.75) is 38.2 Å². The fourth-order valence-electron chi connectivity index (χ4n) is 3.94. The molecule has 0 spiro atoms. The van der Waals surface area contributed by atoms with Crippen molar-refractivity contribution in [3.8, 4) is 28.2 Å². The van der Waals surface area contributed by atoms with E-state index in [1.165, 1.54) is 0 Å². The lowest BCUT2D eigenvalue weighted by Crippen LogP contribution is -2.03. The van der Waals surface area contributed by atoms with Gasteiger partial charge in [0.2, 0.25) is 0 Å². The number of hydrogen-bond acceptors (Lipinski definition) is 4. The summed E-state index contributed by atoms with van der Waals surface area (Å²) < 4.78 is 26.4. The molecule has 0 bridgehead atoms. The molecule has 0 atom stereocenters. The zero-order chi connectivity index (χ0) is 24.6. The topological polar surface area (TPSA) is 72.2 Å². The molecule has 176 valence electrons. The molecular formula is C27H27ClN2O3S. The second-order valence-corrected chi connectivity index (χ2v) is 11.1. The van der Waals surface area contributed by atoms with Gasteiger partial charge in [0, 0.05) is 28.7 Å². The van der Waals surface area contributed by atoms with Crippen LogP contribution in [0.4, 0.5) is 0 Å². The number of aliphatic hydroxyl groups is 1. The van der Waals surface area contributed by atoms with E-state index in [0.717, 1.165) is 45.7 Å². The van der Waals surface area contributed by atoms with Gasteiger partial charge in [-0.05, 0) is 59.4 Å². The molecule has 0 aliphatic rings. The number of aliphatic hydroxyl groups excluding tert-OH is 1. The SMILES string of the molecule is Cc1c(Cl)cccc1-c1nc(C(C)C)cn1-c1ccc(-c2ccc(CO)c(S(C)(=O)=O)c2)cc1. The summed E-state index contributed by atoms with van der Waals surface area (Å²) in [4.78, 5) is 5.06. The summed E-state index contributed by atoms with van der Waals surface area (Å²) in [6.07, 6.45) is 3.20. The van der Waals surface area contributed by atoms with E-state index in [2.05, 4.69) is 18.4 Å². The average Bonchev–Trinajstić information content (AvgIpc) is 3.25. The standard InChI is InChI=1S/C27H27ClN2O3S/c1-17(2)25-15-30(27(29-25)23-6-5-7-24(28)18(23)3)22-12-10-19(11-13-22)20-8-9-21(16-31)26(14-20)34(4,32)33/h5-15,17,31H,16H2,1-4H3. The number of aromatic nitrogens is 2. The number of hydrogen-bond donors (Lipinski definition) is 1. The van der Waals surface area contributed by atoms with Crippen LogP contribution in [-0.2, 0) is 16.4 Å². The first kappa shape index (κ1) is 24.2. The predicted molar refractivity (Wildman–Crippen MR) is 137 cm³/mol. The van der Waals surface area contributed by atoms with Crippen molar-refractivity contribution in [2.24, 2.45) is 0 Å². The third-order valence-electron chi connectivity index (χ3n) is 5.94. The molecule has 34 heavy (non-hydrogen) atoms. The highest BCUT2D eigenvalue weighted by Gasteiger charge is 2.17. The Morgan fingerprint density at radius 1 is 1.03 bits per heavy atom. The second kappa shape index (κ2) is 9.37. The number of imidazole rings is 1. The van der Waals surface area contributed by atoms with E-state index in [4.69, 9.17) is 16.6 Å². The fourth-order valence-corrected chi connectivity index (χ4v) is 5.06. The third kappa shape index (κ3) is 4.67. The first-order valence-corrected chi connectivity index (χ1v) is 13.3. The highest BCUT2D eigenvalue weighted by Crippen LogP contribution is 2.32. The Kier molecular flexibility index (Phi) is 6.67. The minimum atomic E-state index is -3.46. The minimum absolute atomic E-state index is 0.145. The lowest BCUT2D eigenvalue weighted by atomic mass is 10.0. The monoisotopic (exact) mass is 494 g/mol. The van der Waals surface area contributed by atoms with Crippen molar-refractivity contribution in [2.75, 3.05) is 6.26 Å². The number of halogens is 1. The molecule has 0 radical (unpaired) electrons. The van der Waals surface area contributed by atoms with Crippen LogP contribution in [0.5, 0.6) is 0 Å². The van der Waals surface area contributed by atoms with Crippen LogP contribution in [0.2, 0.25) is 5.02 Å².